The number of amides is 2. The zero-order valence-electron chi connectivity index (χ0n) is 10.9. The van der Waals surface area contributed by atoms with Gasteiger partial charge < -0.3 is 15.7 Å². The zero-order chi connectivity index (χ0) is 13.2. The van der Waals surface area contributed by atoms with Crippen LogP contribution in [0.5, 0.6) is 0 Å². The van der Waals surface area contributed by atoms with Crippen LogP contribution in [0.2, 0.25) is 0 Å². The molecule has 2 atom stereocenters. The summed E-state index contributed by atoms with van der Waals surface area (Å²) in [4.78, 5) is 23.0. The lowest BCUT2D eigenvalue weighted by Crippen LogP contribution is -2.48. The van der Waals surface area contributed by atoms with Gasteiger partial charge in [-0.15, -0.1) is 0 Å². The van der Waals surface area contributed by atoms with E-state index in [0.717, 1.165) is 25.7 Å². The summed E-state index contributed by atoms with van der Waals surface area (Å²) in [5.41, 5.74) is -0.678. The average Bonchev–Trinajstić information content (AvgIpc) is 3.01. The number of aliphatic hydroxyl groups is 1. The van der Waals surface area contributed by atoms with Gasteiger partial charge in [0.2, 0.25) is 11.8 Å². The van der Waals surface area contributed by atoms with Crippen molar-refractivity contribution in [2.75, 3.05) is 13.1 Å². The number of nitrogens with one attached hydrogen (secondary N) is 2. The van der Waals surface area contributed by atoms with Crippen LogP contribution >= 0.6 is 0 Å². The molecule has 0 saturated heterocycles. The first-order valence-corrected chi connectivity index (χ1v) is 6.77. The Morgan fingerprint density at radius 3 is 2.50 bits per heavy atom. The zero-order valence-corrected chi connectivity index (χ0v) is 10.9. The van der Waals surface area contributed by atoms with Crippen molar-refractivity contribution in [3.63, 3.8) is 0 Å². The topological polar surface area (TPSA) is 78.4 Å². The van der Waals surface area contributed by atoms with Gasteiger partial charge in [0.15, 0.2) is 0 Å². The fourth-order valence-corrected chi connectivity index (χ4v) is 2.23. The summed E-state index contributed by atoms with van der Waals surface area (Å²) in [7, 11) is 0. The molecule has 18 heavy (non-hydrogen) atoms. The van der Waals surface area contributed by atoms with E-state index in [-0.39, 0.29) is 24.2 Å². The van der Waals surface area contributed by atoms with Gasteiger partial charge in [0.1, 0.15) is 0 Å². The highest BCUT2D eigenvalue weighted by Crippen LogP contribution is 2.37. The molecule has 2 amide bonds. The van der Waals surface area contributed by atoms with E-state index in [4.69, 9.17) is 0 Å². The van der Waals surface area contributed by atoms with E-state index >= 15 is 0 Å². The van der Waals surface area contributed by atoms with E-state index in [9.17, 15) is 14.7 Å². The predicted octanol–water partition coefficient (Wildman–Crippen LogP) is 0.180. The maximum absolute atomic E-state index is 11.5. The lowest BCUT2D eigenvalue weighted by Gasteiger charge is -2.36. The van der Waals surface area contributed by atoms with Crippen molar-refractivity contribution in [2.45, 2.75) is 44.6 Å². The number of carbonyl (C=O) groups excluding carboxylic acids is 2. The molecule has 5 heteroatoms. The second kappa shape index (κ2) is 5.26. The fourth-order valence-electron chi connectivity index (χ4n) is 2.23. The van der Waals surface area contributed by atoms with Gasteiger partial charge in [-0.25, -0.2) is 0 Å². The van der Waals surface area contributed by atoms with Crippen molar-refractivity contribution in [1.82, 2.24) is 10.6 Å². The summed E-state index contributed by atoms with van der Waals surface area (Å²) in [6.07, 6.45) is 3.81. The Hall–Kier alpha value is -1.10. The molecule has 0 aromatic carbocycles. The van der Waals surface area contributed by atoms with Gasteiger partial charge in [-0.3, -0.25) is 9.59 Å². The minimum Gasteiger partial charge on any atom is -0.388 e. The standard InChI is InChI=1S/C13H22N2O3/c1-9-7-10(9)12(17)14-6-3-11(16)15-8-13(18)4-2-5-13/h9-10,18H,2-8H2,1H3,(H,14,17)(H,15,16). The van der Waals surface area contributed by atoms with Crippen molar-refractivity contribution in [3.8, 4) is 0 Å². The highest BCUT2D eigenvalue weighted by Gasteiger charge is 2.38. The molecule has 2 aliphatic rings. The van der Waals surface area contributed by atoms with Crippen LogP contribution < -0.4 is 10.6 Å². The summed E-state index contributed by atoms with van der Waals surface area (Å²) < 4.78 is 0. The van der Waals surface area contributed by atoms with Crippen LogP contribution in [0, 0.1) is 11.8 Å². The van der Waals surface area contributed by atoms with E-state index in [1.165, 1.54) is 0 Å². The number of rotatable bonds is 6. The highest BCUT2D eigenvalue weighted by molar-refractivity contribution is 5.82. The Balaban J connectivity index is 1.53. The van der Waals surface area contributed by atoms with Gasteiger partial charge >= 0.3 is 0 Å². The van der Waals surface area contributed by atoms with Crippen molar-refractivity contribution < 1.29 is 14.7 Å². The third-order valence-corrected chi connectivity index (χ3v) is 4.00. The van der Waals surface area contributed by atoms with Gasteiger partial charge in [-0.1, -0.05) is 6.92 Å². The molecule has 5 nitrogen and oxygen atoms in total. The summed E-state index contributed by atoms with van der Waals surface area (Å²) in [5.74, 6) is 0.600. The average molecular weight is 254 g/mol. The third-order valence-electron chi connectivity index (χ3n) is 4.00. The molecule has 2 saturated carbocycles. The van der Waals surface area contributed by atoms with Crippen LogP contribution in [-0.2, 0) is 9.59 Å². The van der Waals surface area contributed by atoms with E-state index in [2.05, 4.69) is 17.6 Å². The molecule has 0 aliphatic heterocycles. The Labute approximate surface area is 107 Å². The maximum atomic E-state index is 11.5. The lowest BCUT2D eigenvalue weighted by molar-refractivity contribution is -0.124. The van der Waals surface area contributed by atoms with Crippen LogP contribution in [0.4, 0.5) is 0 Å². The second-order valence-electron chi connectivity index (χ2n) is 5.72. The fraction of sp³-hybridized carbons (Fsp3) is 0.846. The van der Waals surface area contributed by atoms with Crippen LogP contribution in [0.15, 0.2) is 0 Å². The molecular formula is C13H22N2O3. The summed E-state index contributed by atoms with van der Waals surface area (Å²) >= 11 is 0. The highest BCUT2D eigenvalue weighted by atomic mass is 16.3. The molecule has 0 aromatic heterocycles. The minimum absolute atomic E-state index is 0.0629. The number of hydrogen-bond acceptors (Lipinski definition) is 3. The predicted molar refractivity (Wildman–Crippen MR) is 66.7 cm³/mol. The summed E-state index contributed by atoms with van der Waals surface area (Å²) in [6.45, 7) is 2.77. The molecule has 0 spiro atoms. The minimum atomic E-state index is -0.678. The van der Waals surface area contributed by atoms with Gasteiger partial charge in [0, 0.05) is 25.4 Å². The Bertz CT molecular complexity index is 339. The second-order valence-corrected chi connectivity index (χ2v) is 5.72. The van der Waals surface area contributed by atoms with Gasteiger partial charge in [-0.2, -0.15) is 0 Å². The van der Waals surface area contributed by atoms with Crippen LogP contribution in [0.1, 0.15) is 39.0 Å². The Morgan fingerprint density at radius 1 is 1.33 bits per heavy atom. The van der Waals surface area contributed by atoms with Crippen molar-refractivity contribution >= 4 is 11.8 Å². The monoisotopic (exact) mass is 254 g/mol. The number of carbonyl (C=O) groups is 2. The van der Waals surface area contributed by atoms with Crippen LogP contribution in [-0.4, -0.2) is 35.6 Å². The molecule has 102 valence electrons. The molecule has 0 radical (unpaired) electrons. The Kier molecular flexibility index (Phi) is 3.90. The molecule has 2 fully saturated rings. The molecule has 0 aromatic rings. The molecular weight excluding hydrogens is 232 g/mol. The van der Waals surface area contributed by atoms with Crippen LogP contribution in [0.25, 0.3) is 0 Å². The van der Waals surface area contributed by atoms with E-state index in [0.29, 0.717) is 19.0 Å². The maximum Gasteiger partial charge on any atom is 0.223 e. The van der Waals surface area contributed by atoms with Gasteiger partial charge in [-0.05, 0) is 31.6 Å². The van der Waals surface area contributed by atoms with E-state index in [1.807, 2.05) is 0 Å². The molecule has 2 rings (SSSR count). The van der Waals surface area contributed by atoms with Crippen molar-refractivity contribution in [1.29, 1.82) is 0 Å². The molecule has 0 heterocycles. The molecule has 0 bridgehead atoms. The first-order valence-electron chi connectivity index (χ1n) is 6.77. The number of hydrogen-bond donors (Lipinski definition) is 3. The van der Waals surface area contributed by atoms with E-state index < -0.39 is 5.60 Å². The van der Waals surface area contributed by atoms with Gasteiger partial charge in [0.25, 0.3) is 0 Å². The molecule has 2 unspecified atom stereocenters. The molecule has 3 N–H and O–H groups in total. The smallest absolute Gasteiger partial charge is 0.223 e. The van der Waals surface area contributed by atoms with Gasteiger partial charge in [0.05, 0.1) is 5.60 Å². The van der Waals surface area contributed by atoms with E-state index in [1.54, 1.807) is 0 Å². The SMILES string of the molecule is CC1CC1C(=O)NCCC(=O)NCC1(O)CCC1. The largest absolute Gasteiger partial charge is 0.388 e. The first-order chi connectivity index (χ1) is 8.50. The molecule has 2 aliphatic carbocycles. The summed E-state index contributed by atoms with van der Waals surface area (Å²) in [5, 5.41) is 15.3. The third kappa shape index (κ3) is 3.45. The normalized spacial score (nSPS) is 28.1. The van der Waals surface area contributed by atoms with Crippen LogP contribution in [0.3, 0.4) is 0 Å². The summed E-state index contributed by atoms with van der Waals surface area (Å²) in [6, 6.07) is 0. The Morgan fingerprint density at radius 2 is 2.00 bits per heavy atom. The van der Waals surface area contributed by atoms with Crippen molar-refractivity contribution in [3.05, 3.63) is 0 Å². The quantitative estimate of drug-likeness (QED) is 0.632. The first kappa shape index (κ1) is 13.3. The lowest BCUT2D eigenvalue weighted by atomic mass is 9.80. The van der Waals surface area contributed by atoms with Crippen molar-refractivity contribution in [2.24, 2.45) is 11.8 Å².